The number of thiazole rings is 1. The predicted molar refractivity (Wildman–Crippen MR) is 105 cm³/mol. The lowest BCUT2D eigenvalue weighted by molar-refractivity contribution is 0.0590. The van der Waals surface area contributed by atoms with Crippen LogP contribution in [0.4, 0.5) is 0 Å². The molecule has 0 spiro atoms. The summed E-state index contributed by atoms with van der Waals surface area (Å²) in [7, 11) is 0. The third-order valence-electron chi connectivity index (χ3n) is 5.51. The predicted octanol–water partition coefficient (Wildman–Crippen LogP) is 3.79. The second-order valence-electron chi connectivity index (χ2n) is 7.20. The van der Waals surface area contributed by atoms with E-state index < -0.39 is 0 Å². The van der Waals surface area contributed by atoms with Crippen LogP contribution in [0.2, 0.25) is 0 Å². The Morgan fingerprint density at radius 1 is 1.19 bits per heavy atom. The summed E-state index contributed by atoms with van der Waals surface area (Å²) < 4.78 is 6.56. The molecule has 4 rings (SSSR count). The number of piperidine rings is 2. The smallest absolute Gasteiger partial charge is 0.282 e. The fraction of sp³-hybridized carbons (Fsp3) is 0.600. The van der Waals surface area contributed by atoms with E-state index in [1.807, 2.05) is 30.0 Å². The van der Waals surface area contributed by atoms with E-state index in [0.29, 0.717) is 17.7 Å². The van der Waals surface area contributed by atoms with E-state index in [2.05, 4.69) is 9.88 Å². The average Bonchev–Trinajstić information content (AvgIpc) is 3.12. The molecule has 2 fully saturated rings. The highest BCUT2D eigenvalue weighted by molar-refractivity contribution is 7.20. The molecule has 2 aromatic rings. The number of carbonyl (C=O) groups excluding carboxylic acids is 1. The topological polar surface area (TPSA) is 45.7 Å². The largest absolute Gasteiger partial charge is 0.494 e. The van der Waals surface area contributed by atoms with Gasteiger partial charge in [-0.1, -0.05) is 6.42 Å². The second kappa shape index (κ2) is 7.92. The van der Waals surface area contributed by atoms with Crippen LogP contribution in [0.25, 0.3) is 10.2 Å². The molecule has 6 heteroatoms. The molecule has 2 saturated heterocycles. The number of likely N-dealkylation sites (tertiary alicyclic amines) is 2. The van der Waals surface area contributed by atoms with Gasteiger partial charge in [0.15, 0.2) is 5.01 Å². The van der Waals surface area contributed by atoms with E-state index in [-0.39, 0.29) is 5.91 Å². The van der Waals surface area contributed by atoms with Crippen molar-refractivity contribution in [2.45, 2.75) is 45.1 Å². The monoisotopic (exact) mass is 373 g/mol. The van der Waals surface area contributed by atoms with Gasteiger partial charge in [-0.2, -0.15) is 0 Å². The molecule has 1 amide bonds. The maximum absolute atomic E-state index is 12.9. The molecule has 1 aromatic heterocycles. The summed E-state index contributed by atoms with van der Waals surface area (Å²) in [5.41, 5.74) is 0.880. The maximum Gasteiger partial charge on any atom is 0.282 e. The minimum atomic E-state index is 0.0845. The summed E-state index contributed by atoms with van der Waals surface area (Å²) in [6.45, 7) is 6.78. The van der Waals surface area contributed by atoms with Gasteiger partial charge in [0.2, 0.25) is 0 Å². The van der Waals surface area contributed by atoms with Crippen LogP contribution >= 0.6 is 11.3 Å². The first-order valence-electron chi connectivity index (χ1n) is 9.81. The molecule has 1 aromatic carbocycles. The Bertz CT molecular complexity index is 762. The van der Waals surface area contributed by atoms with Crippen LogP contribution in [-0.4, -0.2) is 59.5 Å². The highest BCUT2D eigenvalue weighted by Gasteiger charge is 2.29. The summed E-state index contributed by atoms with van der Waals surface area (Å²) >= 11 is 1.48. The zero-order chi connectivity index (χ0) is 17.9. The number of carbonyl (C=O) groups is 1. The fourth-order valence-corrected chi connectivity index (χ4v) is 5.07. The van der Waals surface area contributed by atoms with E-state index in [4.69, 9.17) is 4.74 Å². The van der Waals surface area contributed by atoms with Crippen molar-refractivity contribution in [1.29, 1.82) is 0 Å². The van der Waals surface area contributed by atoms with Crippen molar-refractivity contribution >= 4 is 27.5 Å². The molecule has 5 nitrogen and oxygen atoms in total. The molecule has 2 aliphatic heterocycles. The minimum absolute atomic E-state index is 0.0845. The summed E-state index contributed by atoms with van der Waals surface area (Å²) in [5, 5.41) is 0.602. The van der Waals surface area contributed by atoms with Crippen molar-refractivity contribution in [3.05, 3.63) is 23.2 Å². The van der Waals surface area contributed by atoms with Gasteiger partial charge < -0.3 is 14.5 Å². The van der Waals surface area contributed by atoms with Gasteiger partial charge in [-0.3, -0.25) is 4.79 Å². The van der Waals surface area contributed by atoms with Gasteiger partial charge in [0.05, 0.1) is 16.8 Å². The normalized spacial score (nSPS) is 19.8. The zero-order valence-electron chi connectivity index (χ0n) is 15.4. The lowest BCUT2D eigenvalue weighted by Gasteiger charge is -2.40. The molecule has 0 radical (unpaired) electrons. The first-order chi connectivity index (χ1) is 12.7. The van der Waals surface area contributed by atoms with Crippen molar-refractivity contribution in [2.75, 3.05) is 32.8 Å². The Hall–Kier alpha value is -1.66. The molecule has 0 bridgehead atoms. The van der Waals surface area contributed by atoms with Gasteiger partial charge in [0, 0.05) is 19.1 Å². The number of hydrogen-bond donors (Lipinski definition) is 0. The fourth-order valence-electron chi connectivity index (χ4n) is 4.11. The van der Waals surface area contributed by atoms with E-state index in [0.717, 1.165) is 41.9 Å². The Kier molecular flexibility index (Phi) is 5.41. The number of ether oxygens (including phenoxy) is 1. The summed E-state index contributed by atoms with van der Waals surface area (Å²) in [6.07, 6.45) is 6.20. The van der Waals surface area contributed by atoms with E-state index in [1.165, 1.54) is 43.7 Å². The number of amides is 1. The van der Waals surface area contributed by atoms with Crippen LogP contribution in [0.15, 0.2) is 18.2 Å². The van der Waals surface area contributed by atoms with Gasteiger partial charge in [0.25, 0.3) is 5.91 Å². The summed E-state index contributed by atoms with van der Waals surface area (Å²) in [5.74, 6) is 0.922. The molecule has 2 aliphatic rings. The molecule has 0 N–H and O–H groups in total. The molecule has 0 saturated carbocycles. The summed E-state index contributed by atoms with van der Waals surface area (Å²) in [4.78, 5) is 22.1. The number of rotatable bonds is 4. The van der Waals surface area contributed by atoms with E-state index >= 15 is 0 Å². The lowest BCUT2D eigenvalue weighted by Crippen LogP contribution is -2.48. The Balaban J connectivity index is 1.40. The molecule has 0 aliphatic carbocycles. The standard InChI is InChI=1S/C20H27N3O2S/c1-2-25-16-6-7-17-18(14-16)26-19(21-17)20(24)23-12-8-15(9-13-23)22-10-4-3-5-11-22/h6-7,14-15H,2-5,8-13H2,1H3. The molecule has 140 valence electrons. The Morgan fingerprint density at radius 3 is 2.69 bits per heavy atom. The van der Waals surface area contributed by atoms with Crippen LogP contribution < -0.4 is 4.74 Å². The van der Waals surface area contributed by atoms with Crippen molar-refractivity contribution in [3.63, 3.8) is 0 Å². The quantitative estimate of drug-likeness (QED) is 0.818. The number of benzene rings is 1. The molecule has 0 atom stereocenters. The molecular weight excluding hydrogens is 346 g/mol. The number of fused-ring (bicyclic) bond motifs is 1. The van der Waals surface area contributed by atoms with Crippen molar-refractivity contribution < 1.29 is 9.53 Å². The average molecular weight is 374 g/mol. The molecule has 3 heterocycles. The third kappa shape index (κ3) is 3.71. The van der Waals surface area contributed by atoms with Crippen molar-refractivity contribution in [2.24, 2.45) is 0 Å². The molecule has 0 unspecified atom stereocenters. The van der Waals surface area contributed by atoms with Crippen molar-refractivity contribution in [3.8, 4) is 5.75 Å². The highest BCUT2D eigenvalue weighted by atomic mass is 32.1. The van der Waals surface area contributed by atoms with Crippen LogP contribution in [0.5, 0.6) is 5.75 Å². The Morgan fingerprint density at radius 2 is 1.96 bits per heavy atom. The molecule has 26 heavy (non-hydrogen) atoms. The maximum atomic E-state index is 12.9. The van der Waals surface area contributed by atoms with Gasteiger partial charge in [0.1, 0.15) is 5.75 Å². The van der Waals surface area contributed by atoms with Crippen molar-refractivity contribution in [1.82, 2.24) is 14.8 Å². The van der Waals surface area contributed by atoms with Gasteiger partial charge >= 0.3 is 0 Å². The number of hydrogen-bond acceptors (Lipinski definition) is 5. The zero-order valence-corrected chi connectivity index (χ0v) is 16.3. The van der Waals surface area contributed by atoms with Gasteiger partial charge in [-0.25, -0.2) is 4.98 Å². The number of aromatic nitrogens is 1. The summed E-state index contributed by atoms with van der Waals surface area (Å²) in [6, 6.07) is 6.50. The second-order valence-corrected chi connectivity index (χ2v) is 8.23. The highest BCUT2D eigenvalue weighted by Crippen LogP contribution is 2.28. The van der Waals surface area contributed by atoms with E-state index in [9.17, 15) is 4.79 Å². The van der Waals surface area contributed by atoms with Crippen LogP contribution in [0.1, 0.15) is 48.8 Å². The first kappa shape index (κ1) is 17.7. The van der Waals surface area contributed by atoms with Crippen LogP contribution in [-0.2, 0) is 0 Å². The van der Waals surface area contributed by atoms with Gasteiger partial charge in [-0.15, -0.1) is 11.3 Å². The van der Waals surface area contributed by atoms with Crippen LogP contribution in [0.3, 0.4) is 0 Å². The van der Waals surface area contributed by atoms with E-state index in [1.54, 1.807) is 0 Å². The lowest BCUT2D eigenvalue weighted by atomic mass is 10.00. The molecular formula is C20H27N3O2S. The Labute approximate surface area is 159 Å². The number of nitrogens with zero attached hydrogens (tertiary/aromatic N) is 3. The van der Waals surface area contributed by atoms with Crippen LogP contribution in [0, 0.1) is 0 Å². The first-order valence-corrected chi connectivity index (χ1v) is 10.6. The third-order valence-corrected chi connectivity index (χ3v) is 6.52. The SMILES string of the molecule is CCOc1ccc2nc(C(=O)N3CCC(N4CCCCC4)CC3)sc2c1. The van der Waals surface area contributed by atoms with Gasteiger partial charge in [-0.05, 0) is 63.9 Å². The minimum Gasteiger partial charge on any atom is -0.494 e.